The zero-order chi connectivity index (χ0) is 8.93. The number of fused-ring (bicyclic) bond motifs is 1. The van der Waals surface area contributed by atoms with E-state index in [9.17, 15) is 5.11 Å². The van der Waals surface area contributed by atoms with E-state index in [4.69, 9.17) is 14.2 Å². The van der Waals surface area contributed by atoms with Crippen molar-refractivity contribution in [3.8, 4) is 0 Å². The molecule has 0 saturated carbocycles. The molecule has 4 atom stereocenters. The fourth-order valence-corrected chi connectivity index (χ4v) is 1.78. The van der Waals surface area contributed by atoms with Crippen molar-refractivity contribution in [1.29, 1.82) is 0 Å². The maximum absolute atomic E-state index is 9.37. The Labute approximate surface area is 71.4 Å². The zero-order valence-corrected chi connectivity index (χ0v) is 7.48. The summed E-state index contributed by atoms with van der Waals surface area (Å²) in [6.45, 7) is 5.55. The molecule has 2 aliphatic rings. The van der Waals surface area contributed by atoms with Crippen LogP contribution in [-0.2, 0) is 14.2 Å². The lowest BCUT2D eigenvalue weighted by molar-refractivity contribution is -0.217. The number of ether oxygens (including phenoxy) is 3. The second kappa shape index (κ2) is 2.42. The first kappa shape index (κ1) is 8.44. The smallest absolute Gasteiger partial charge is 0.184 e. The maximum Gasteiger partial charge on any atom is 0.184 e. The topological polar surface area (TPSA) is 47.9 Å². The van der Waals surface area contributed by atoms with Crippen molar-refractivity contribution >= 4 is 0 Å². The molecule has 2 unspecified atom stereocenters. The normalized spacial score (nSPS) is 51.0. The van der Waals surface area contributed by atoms with Crippen LogP contribution in [0.25, 0.3) is 0 Å². The molecular formula is C8H14O4. The molecule has 4 nitrogen and oxygen atoms in total. The van der Waals surface area contributed by atoms with Gasteiger partial charge in [-0.15, -0.1) is 0 Å². The minimum Gasteiger partial charge on any atom is -0.366 e. The summed E-state index contributed by atoms with van der Waals surface area (Å²) < 4.78 is 16.1. The third-order valence-electron chi connectivity index (χ3n) is 2.26. The largest absolute Gasteiger partial charge is 0.366 e. The van der Waals surface area contributed by atoms with Gasteiger partial charge in [-0.05, 0) is 20.8 Å². The van der Waals surface area contributed by atoms with E-state index in [0.29, 0.717) is 0 Å². The third kappa shape index (κ3) is 1.15. The van der Waals surface area contributed by atoms with Crippen molar-refractivity contribution in [2.45, 2.75) is 51.2 Å². The molecule has 0 aromatic carbocycles. The average Bonchev–Trinajstić information content (AvgIpc) is 2.34. The number of hydrogen-bond donors (Lipinski definition) is 1. The van der Waals surface area contributed by atoms with E-state index in [1.165, 1.54) is 0 Å². The Morgan fingerprint density at radius 3 is 2.33 bits per heavy atom. The van der Waals surface area contributed by atoms with Gasteiger partial charge in [0.2, 0.25) is 0 Å². The summed E-state index contributed by atoms with van der Waals surface area (Å²) in [6, 6.07) is 0. The van der Waals surface area contributed by atoms with Gasteiger partial charge in [0, 0.05) is 0 Å². The fourth-order valence-electron chi connectivity index (χ4n) is 1.78. The molecule has 2 fully saturated rings. The highest BCUT2D eigenvalue weighted by Gasteiger charge is 2.53. The van der Waals surface area contributed by atoms with Gasteiger partial charge in [0.1, 0.15) is 12.2 Å². The van der Waals surface area contributed by atoms with Crippen LogP contribution in [0, 0.1) is 0 Å². The maximum atomic E-state index is 9.37. The second-order valence-electron chi connectivity index (χ2n) is 3.80. The summed E-state index contributed by atoms with van der Waals surface area (Å²) >= 11 is 0. The summed E-state index contributed by atoms with van der Waals surface area (Å²) in [5.41, 5.74) is 0. The van der Waals surface area contributed by atoms with E-state index in [1.54, 1.807) is 0 Å². The van der Waals surface area contributed by atoms with E-state index in [0.717, 1.165) is 0 Å². The van der Waals surface area contributed by atoms with Crippen LogP contribution >= 0.6 is 0 Å². The molecule has 0 bridgehead atoms. The van der Waals surface area contributed by atoms with Crippen molar-refractivity contribution < 1.29 is 19.3 Å². The van der Waals surface area contributed by atoms with Crippen molar-refractivity contribution in [1.82, 2.24) is 0 Å². The highest BCUT2D eigenvalue weighted by Crippen LogP contribution is 2.37. The Hall–Kier alpha value is -0.160. The number of rotatable bonds is 0. The molecular weight excluding hydrogens is 160 g/mol. The van der Waals surface area contributed by atoms with E-state index in [1.807, 2.05) is 20.8 Å². The lowest BCUT2D eigenvalue weighted by atomic mass is 10.2. The van der Waals surface area contributed by atoms with Crippen molar-refractivity contribution in [3.63, 3.8) is 0 Å². The molecule has 4 heteroatoms. The van der Waals surface area contributed by atoms with Gasteiger partial charge in [0.25, 0.3) is 0 Å². The Balaban J connectivity index is 2.15. The first-order valence-corrected chi connectivity index (χ1v) is 4.19. The Kier molecular flexibility index (Phi) is 1.70. The molecule has 70 valence electrons. The van der Waals surface area contributed by atoms with Gasteiger partial charge in [0.15, 0.2) is 12.1 Å². The van der Waals surface area contributed by atoms with Crippen LogP contribution in [0.5, 0.6) is 0 Å². The Bertz CT molecular complexity index is 173. The van der Waals surface area contributed by atoms with Gasteiger partial charge < -0.3 is 19.3 Å². The molecule has 2 aliphatic heterocycles. The van der Waals surface area contributed by atoms with E-state index >= 15 is 0 Å². The Morgan fingerprint density at radius 1 is 1.17 bits per heavy atom. The van der Waals surface area contributed by atoms with Crippen molar-refractivity contribution in [2.24, 2.45) is 0 Å². The van der Waals surface area contributed by atoms with Gasteiger partial charge in [-0.2, -0.15) is 0 Å². The van der Waals surface area contributed by atoms with Crippen LogP contribution in [0.3, 0.4) is 0 Å². The van der Waals surface area contributed by atoms with Gasteiger partial charge >= 0.3 is 0 Å². The highest BCUT2D eigenvalue weighted by molar-refractivity contribution is 4.92. The quantitative estimate of drug-likeness (QED) is 0.571. The molecule has 1 N–H and O–H groups in total. The molecule has 0 spiro atoms. The van der Waals surface area contributed by atoms with Crippen LogP contribution in [-0.4, -0.2) is 35.5 Å². The van der Waals surface area contributed by atoms with E-state index in [-0.39, 0.29) is 18.3 Å². The summed E-state index contributed by atoms with van der Waals surface area (Å²) in [7, 11) is 0. The van der Waals surface area contributed by atoms with Gasteiger partial charge in [-0.1, -0.05) is 0 Å². The summed E-state index contributed by atoms with van der Waals surface area (Å²) in [4.78, 5) is 0. The molecule has 0 aromatic heterocycles. The molecule has 0 amide bonds. The minimum atomic E-state index is -0.841. The SMILES string of the molecule is C[C@H]1OC(O)[C@@H]2OC(C)(C)OC21. The number of hydrogen-bond acceptors (Lipinski definition) is 4. The predicted octanol–water partition coefficient (Wildman–Crippen LogP) is 0.244. The first-order chi connectivity index (χ1) is 5.49. The van der Waals surface area contributed by atoms with Gasteiger partial charge in [-0.25, -0.2) is 0 Å². The zero-order valence-electron chi connectivity index (χ0n) is 7.48. The Morgan fingerprint density at radius 2 is 1.75 bits per heavy atom. The average molecular weight is 174 g/mol. The van der Waals surface area contributed by atoms with Crippen LogP contribution < -0.4 is 0 Å². The fraction of sp³-hybridized carbons (Fsp3) is 1.00. The van der Waals surface area contributed by atoms with Gasteiger partial charge in [0.05, 0.1) is 6.10 Å². The molecule has 0 aromatic rings. The van der Waals surface area contributed by atoms with Gasteiger partial charge in [-0.3, -0.25) is 0 Å². The number of aliphatic hydroxyl groups excluding tert-OH is 1. The molecule has 12 heavy (non-hydrogen) atoms. The number of aliphatic hydroxyl groups is 1. The van der Waals surface area contributed by atoms with Crippen LogP contribution in [0.15, 0.2) is 0 Å². The van der Waals surface area contributed by atoms with Crippen LogP contribution in [0.1, 0.15) is 20.8 Å². The van der Waals surface area contributed by atoms with Crippen LogP contribution in [0.2, 0.25) is 0 Å². The van der Waals surface area contributed by atoms with Crippen molar-refractivity contribution in [2.75, 3.05) is 0 Å². The summed E-state index contributed by atoms with van der Waals surface area (Å²) in [5.74, 6) is -0.589. The molecule has 2 saturated heterocycles. The highest BCUT2D eigenvalue weighted by atomic mass is 16.8. The van der Waals surface area contributed by atoms with E-state index in [2.05, 4.69) is 0 Å². The second-order valence-corrected chi connectivity index (χ2v) is 3.80. The van der Waals surface area contributed by atoms with Crippen LogP contribution in [0.4, 0.5) is 0 Å². The lowest BCUT2D eigenvalue weighted by Gasteiger charge is -2.20. The standard InChI is InChI=1S/C8H14O4/c1-4-5-6(7(9)10-4)12-8(2,3)11-5/h4-7,9H,1-3H3/t4-,5?,6-,7?/m1/s1. The third-order valence-corrected chi connectivity index (χ3v) is 2.26. The lowest BCUT2D eigenvalue weighted by Crippen LogP contribution is -2.29. The summed E-state index contributed by atoms with van der Waals surface area (Å²) in [5, 5.41) is 9.37. The first-order valence-electron chi connectivity index (χ1n) is 4.19. The molecule has 2 heterocycles. The van der Waals surface area contributed by atoms with E-state index < -0.39 is 12.1 Å². The molecule has 2 rings (SSSR count). The molecule has 0 radical (unpaired) electrons. The minimum absolute atomic E-state index is 0.0909. The van der Waals surface area contributed by atoms with Crippen molar-refractivity contribution in [3.05, 3.63) is 0 Å². The monoisotopic (exact) mass is 174 g/mol. The molecule has 0 aliphatic carbocycles. The predicted molar refractivity (Wildman–Crippen MR) is 40.4 cm³/mol. The summed E-state index contributed by atoms with van der Waals surface area (Å²) in [6.07, 6.45) is -1.39.